The third-order valence-electron chi connectivity index (χ3n) is 2.73. The van der Waals surface area contributed by atoms with Gasteiger partial charge in [-0.3, -0.25) is 4.79 Å². The van der Waals surface area contributed by atoms with Crippen LogP contribution in [-0.2, 0) is 7.05 Å². The molecule has 5 nitrogen and oxygen atoms in total. The van der Waals surface area contributed by atoms with Crippen molar-refractivity contribution in [1.82, 2.24) is 9.47 Å². The van der Waals surface area contributed by atoms with Gasteiger partial charge in [-0.1, -0.05) is 5.16 Å². The molecule has 15 heavy (non-hydrogen) atoms. The van der Waals surface area contributed by atoms with Gasteiger partial charge in [-0.25, -0.2) is 0 Å². The van der Waals surface area contributed by atoms with E-state index >= 15 is 0 Å². The van der Waals surface area contributed by atoms with E-state index in [0.29, 0.717) is 29.9 Å². The average molecular weight is 207 g/mol. The van der Waals surface area contributed by atoms with Gasteiger partial charge in [-0.05, 0) is 6.07 Å². The van der Waals surface area contributed by atoms with Crippen molar-refractivity contribution in [3.8, 4) is 0 Å². The maximum Gasteiger partial charge on any atom is 0.255 e. The molecule has 2 rings (SSSR count). The van der Waals surface area contributed by atoms with Gasteiger partial charge in [-0.2, -0.15) is 0 Å². The van der Waals surface area contributed by atoms with E-state index in [1.54, 1.807) is 28.8 Å². The monoisotopic (exact) mass is 207 g/mol. The third-order valence-corrected chi connectivity index (χ3v) is 2.73. The summed E-state index contributed by atoms with van der Waals surface area (Å²) >= 11 is 0. The van der Waals surface area contributed by atoms with E-state index in [2.05, 4.69) is 5.16 Å². The smallest absolute Gasteiger partial charge is 0.255 e. The highest BCUT2D eigenvalue weighted by atomic mass is 16.4. The number of fused-ring (bicyclic) bond motifs is 1. The lowest BCUT2D eigenvalue weighted by Crippen LogP contribution is -2.26. The summed E-state index contributed by atoms with van der Waals surface area (Å²) in [6.07, 6.45) is 2.37. The van der Waals surface area contributed by atoms with E-state index in [1.165, 1.54) is 0 Å². The second-order valence-electron chi connectivity index (χ2n) is 3.71. The molecule has 0 atom stereocenters. The minimum atomic E-state index is -0.0238. The summed E-state index contributed by atoms with van der Waals surface area (Å²) in [4.78, 5) is 13.5. The van der Waals surface area contributed by atoms with Crippen LogP contribution in [-0.4, -0.2) is 39.9 Å². The maximum atomic E-state index is 11.9. The number of oxime groups is 1. The highest BCUT2D eigenvalue weighted by Crippen LogP contribution is 2.18. The topological polar surface area (TPSA) is 57.8 Å². The number of aromatic nitrogens is 1. The van der Waals surface area contributed by atoms with Crippen LogP contribution in [0.3, 0.4) is 0 Å². The standard InChI is InChI=1S/C10H13N3O2/c1-12-5-3-7-9(12)8(11-15)4-6-13(2)10(7)14/h3,5,15H,4,6H2,1-2H3/b11-8+. The predicted molar refractivity (Wildman–Crippen MR) is 55.3 cm³/mol. The lowest BCUT2D eigenvalue weighted by molar-refractivity contribution is 0.0801. The molecule has 1 aromatic rings. The molecule has 1 aliphatic rings. The largest absolute Gasteiger partial charge is 0.411 e. The number of hydrogen-bond donors (Lipinski definition) is 1. The first-order chi connectivity index (χ1) is 7.15. The van der Waals surface area contributed by atoms with Crippen molar-refractivity contribution in [3.63, 3.8) is 0 Å². The molecule has 0 fully saturated rings. The Bertz CT molecular complexity index is 434. The van der Waals surface area contributed by atoms with Gasteiger partial charge in [0.15, 0.2) is 0 Å². The molecule has 2 heterocycles. The normalized spacial score (nSPS) is 19.2. The van der Waals surface area contributed by atoms with E-state index < -0.39 is 0 Å². The molecular formula is C10H13N3O2. The number of carbonyl (C=O) groups excluding carboxylic acids is 1. The Morgan fingerprint density at radius 2 is 2.20 bits per heavy atom. The fourth-order valence-electron chi connectivity index (χ4n) is 1.86. The van der Waals surface area contributed by atoms with Crippen molar-refractivity contribution in [1.29, 1.82) is 0 Å². The highest BCUT2D eigenvalue weighted by molar-refractivity contribution is 6.10. The molecule has 1 N–H and O–H groups in total. The van der Waals surface area contributed by atoms with Crippen molar-refractivity contribution < 1.29 is 10.0 Å². The van der Waals surface area contributed by atoms with Crippen LogP contribution in [0.15, 0.2) is 17.4 Å². The summed E-state index contributed by atoms with van der Waals surface area (Å²) in [6.45, 7) is 0.576. The molecule has 0 saturated carbocycles. The Morgan fingerprint density at radius 3 is 2.87 bits per heavy atom. The minimum Gasteiger partial charge on any atom is -0.411 e. The number of aryl methyl sites for hydroxylation is 1. The zero-order valence-corrected chi connectivity index (χ0v) is 8.77. The highest BCUT2D eigenvalue weighted by Gasteiger charge is 2.26. The van der Waals surface area contributed by atoms with Crippen LogP contribution in [0.2, 0.25) is 0 Å². The Labute approximate surface area is 87.6 Å². The molecule has 5 heteroatoms. The van der Waals surface area contributed by atoms with Crippen LogP contribution < -0.4 is 0 Å². The molecular weight excluding hydrogens is 194 g/mol. The molecule has 0 spiro atoms. The molecule has 0 aliphatic carbocycles. The van der Waals surface area contributed by atoms with Gasteiger partial charge >= 0.3 is 0 Å². The second-order valence-corrected chi connectivity index (χ2v) is 3.71. The van der Waals surface area contributed by atoms with Crippen molar-refractivity contribution in [2.45, 2.75) is 6.42 Å². The van der Waals surface area contributed by atoms with Crippen LogP contribution in [0.5, 0.6) is 0 Å². The number of hydrogen-bond acceptors (Lipinski definition) is 3. The van der Waals surface area contributed by atoms with Crippen LogP contribution >= 0.6 is 0 Å². The van der Waals surface area contributed by atoms with Crippen molar-refractivity contribution in [2.24, 2.45) is 12.2 Å². The molecule has 1 amide bonds. The summed E-state index contributed by atoms with van der Waals surface area (Å²) in [7, 11) is 3.59. The maximum absolute atomic E-state index is 11.9. The van der Waals surface area contributed by atoms with E-state index in [-0.39, 0.29) is 5.91 Å². The number of carbonyl (C=O) groups is 1. The van der Waals surface area contributed by atoms with Crippen molar-refractivity contribution in [2.75, 3.05) is 13.6 Å². The van der Waals surface area contributed by atoms with Gasteiger partial charge in [0.1, 0.15) is 5.71 Å². The first-order valence-corrected chi connectivity index (χ1v) is 4.77. The summed E-state index contributed by atoms with van der Waals surface area (Å²) < 4.78 is 1.81. The summed E-state index contributed by atoms with van der Waals surface area (Å²) in [5, 5.41) is 12.2. The van der Waals surface area contributed by atoms with Gasteiger partial charge in [-0.15, -0.1) is 0 Å². The third kappa shape index (κ3) is 1.40. The molecule has 80 valence electrons. The molecule has 0 bridgehead atoms. The van der Waals surface area contributed by atoms with Crippen molar-refractivity contribution >= 4 is 11.6 Å². The lowest BCUT2D eigenvalue weighted by atomic mass is 10.1. The second kappa shape index (κ2) is 3.42. The first kappa shape index (κ1) is 9.76. The Balaban J connectivity index is 2.61. The first-order valence-electron chi connectivity index (χ1n) is 4.77. The van der Waals surface area contributed by atoms with Crippen LogP contribution in [0.4, 0.5) is 0 Å². The molecule has 0 saturated heterocycles. The zero-order valence-electron chi connectivity index (χ0n) is 8.77. The van der Waals surface area contributed by atoms with Gasteiger partial charge in [0.2, 0.25) is 0 Å². The SMILES string of the molecule is CN1CC/C(=N\O)c2c(ccn2C)C1=O. The van der Waals surface area contributed by atoms with Gasteiger partial charge in [0.05, 0.1) is 11.3 Å². The number of nitrogens with zero attached hydrogens (tertiary/aromatic N) is 3. The van der Waals surface area contributed by atoms with Crippen LogP contribution in [0.25, 0.3) is 0 Å². The van der Waals surface area contributed by atoms with Crippen LogP contribution in [0, 0.1) is 0 Å². The summed E-state index contributed by atoms with van der Waals surface area (Å²) in [6, 6.07) is 1.75. The van der Waals surface area contributed by atoms with E-state index in [0.717, 1.165) is 0 Å². The van der Waals surface area contributed by atoms with Gasteiger partial charge in [0, 0.05) is 33.3 Å². The number of amides is 1. The van der Waals surface area contributed by atoms with Gasteiger partial charge in [0.25, 0.3) is 5.91 Å². The summed E-state index contributed by atoms with van der Waals surface area (Å²) in [5.74, 6) is -0.0238. The fraction of sp³-hybridized carbons (Fsp3) is 0.400. The van der Waals surface area contributed by atoms with Gasteiger partial charge < -0.3 is 14.7 Å². The molecule has 1 aliphatic heterocycles. The molecule has 1 aromatic heterocycles. The Morgan fingerprint density at radius 1 is 1.47 bits per heavy atom. The van der Waals surface area contributed by atoms with Crippen LogP contribution in [0.1, 0.15) is 22.5 Å². The fourth-order valence-corrected chi connectivity index (χ4v) is 1.86. The Hall–Kier alpha value is -1.78. The number of rotatable bonds is 0. The van der Waals surface area contributed by atoms with Crippen molar-refractivity contribution in [3.05, 3.63) is 23.5 Å². The molecule has 0 radical (unpaired) electrons. The molecule has 0 unspecified atom stereocenters. The summed E-state index contributed by atoms with van der Waals surface area (Å²) in [5.41, 5.74) is 1.88. The molecule has 0 aromatic carbocycles. The quantitative estimate of drug-likeness (QED) is 0.502. The van der Waals surface area contributed by atoms with E-state index in [1.807, 2.05) is 7.05 Å². The predicted octanol–water partition coefficient (Wildman–Crippen LogP) is 0.679. The Kier molecular flexibility index (Phi) is 2.22. The minimum absolute atomic E-state index is 0.0238. The van der Waals surface area contributed by atoms with E-state index in [4.69, 9.17) is 5.21 Å². The lowest BCUT2D eigenvalue weighted by Gasteiger charge is -2.12. The zero-order chi connectivity index (χ0) is 11.0. The van der Waals surface area contributed by atoms with E-state index in [9.17, 15) is 4.79 Å². The average Bonchev–Trinajstić information content (AvgIpc) is 2.55.